The number of hydrogen-bond acceptors (Lipinski definition) is 6. The molecular weight excluding hydrogens is 254 g/mol. The van der Waals surface area contributed by atoms with Gasteiger partial charge in [-0.05, 0) is 12.3 Å². The quantitative estimate of drug-likeness (QED) is 0.667. The second-order valence-corrected chi connectivity index (χ2v) is 4.04. The van der Waals surface area contributed by atoms with Gasteiger partial charge < -0.3 is 9.84 Å². The van der Waals surface area contributed by atoms with E-state index >= 15 is 0 Å². The monoisotopic (exact) mass is 263 g/mol. The molecule has 1 N–H and O–H groups in total. The molecular formula is C11H9N3O3S. The van der Waals surface area contributed by atoms with Crippen molar-refractivity contribution in [1.29, 1.82) is 0 Å². The number of ether oxygens (including phenoxy) is 1. The van der Waals surface area contributed by atoms with Gasteiger partial charge >= 0.3 is 5.97 Å². The summed E-state index contributed by atoms with van der Waals surface area (Å²) >= 11 is 1.46. The summed E-state index contributed by atoms with van der Waals surface area (Å²) in [6.07, 6.45) is 5.95. The van der Waals surface area contributed by atoms with Crippen LogP contribution in [0.2, 0.25) is 0 Å². The van der Waals surface area contributed by atoms with Crippen LogP contribution in [-0.2, 0) is 0 Å². The zero-order valence-electron chi connectivity index (χ0n) is 9.40. The Morgan fingerprint density at radius 1 is 1.33 bits per heavy atom. The zero-order chi connectivity index (χ0) is 13.0. The van der Waals surface area contributed by atoms with Gasteiger partial charge in [-0.25, -0.2) is 14.8 Å². The molecule has 0 unspecified atom stereocenters. The van der Waals surface area contributed by atoms with Crippen molar-refractivity contribution in [2.24, 2.45) is 0 Å². The van der Waals surface area contributed by atoms with Crippen LogP contribution in [0.1, 0.15) is 10.4 Å². The summed E-state index contributed by atoms with van der Waals surface area (Å²) in [7, 11) is 0. The van der Waals surface area contributed by atoms with E-state index in [0.717, 1.165) is 5.03 Å². The van der Waals surface area contributed by atoms with Crippen molar-refractivity contribution in [3.05, 3.63) is 36.4 Å². The molecule has 0 spiro atoms. The third kappa shape index (κ3) is 2.95. The number of pyridine rings is 1. The molecule has 0 amide bonds. The van der Waals surface area contributed by atoms with Gasteiger partial charge in [0.15, 0.2) is 0 Å². The van der Waals surface area contributed by atoms with Crippen LogP contribution >= 0.6 is 11.8 Å². The van der Waals surface area contributed by atoms with Gasteiger partial charge in [0.1, 0.15) is 17.1 Å². The molecule has 0 saturated heterocycles. The first kappa shape index (κ1) is 12.3. The van der Waals surface area contributed by atoms with E-state index in [9.17, 15) is 4.79 Å². The van der Waals surface area contributed by atoms with Crippen LogP contribution in [0.25, 0.3) is 0 Å². The number of thioether (sulfide) groups is 1. The molecule has 0 aliphatic rings. The number of rotatable bonds is 4. The molecule has 0 aliphatic carbocycles. The number of carbonyl (C=O) groups is 1. The highest BCUT2D eigenvalue weighted by molar-refractivity contribution is 7.98. The van der Waals surface area contributed by atoms with Gasteiger partial charge in [-0.15, -0.1) is 11.8 Å². The maximum absolute atomic E-state index is 10.8. The van der Waals surface area contributed by atoms with Crippen molar-refractivity contribution >= 4 is 17.7 Å². The normalized spacial score (nSPS) is 10.1. The summed E-state index contributed by atoms with van der Waals surface area (Å²) in [4.78, 5) is 22.5. The van der Waals surface area contributed by atoms with Crippen molar-refractivity contribution in [1.82, 2.24) is 15.0 Å². The average molecular weight is 263 g/mol. The molecule has 18 heavy (non-hydrogen) atoms. The number of aromatic carboxylic acids is 1. The summed E-state index contributed by atoms with van der Waals surface area (Å²) in [5.74, 6) is -0.389. The minimum Gasteiger partial charge on any atom is -0.478 e. The lowest BCUT2D eigenvalue weighted by Crippen LogP contribution is -1.98. The Balaban J connectivity index is 2.22. The van der Waals surface area contributed by atoms with Crippen molar-refractivity contribution in [3.8, 4) is 11.6 Å². The molecule has 2 rings (SSSR count). The molecule has 92 valence electrons. The summed E-state index contributed by atoms with van der Waals surface area (Å²) < 4.78 is 5.42. The second-order valence-electron chi connectivity index (χ2n) is 3.22. The molecule has 2 heterocycles. The van der Waals surface area contributed by atoms with Gasteiger partial charge in [0, 0.05) is 12.3 Å². The number of hydrogen-bond donors (Lipinski definition) is 1. The Labute approximate surface area is 107 Å². The summed E-state index contributed by atoms with van der Waals surface area (Å²) in [6.45, 7) is 0. The van der Waals surface area contributed by atoms with E-state index in [0.29, 0.717) is 11.6 Å². The zero-order valence-corrected chi connectivity index (χ0v) is 10.2. The lowest BCUT2D eigenvalue weighted by atomic mass is 10.3. The van der Waals surface area contributed by atoms with Crippen LogP contribution in [0.15, 0.2) is 35.9 Å². The van der Waals surface area contributed by atoms with Crippen LogP contribution in [0, 0.1) is 0 Å². The maximum Gasteiger partial charge on any atom is 0.337 e. The van der Waals surface area contributed by atoms with E-state index in [2.05, 4.69) is 15.0 Å². The lowest BCUT2D eigenvalue weighted by Gasteiger charge is -2.05. The standard InChI is InChI=1S/C11H9N3O3S/c1-18-10-3-9(13-6-14-10)17-8-2-7(11(15)16)4-12-5-8/h2-6H,1H3,(H,15,16). The average Bonchev–Trinajstić information content (AvgIpc) is 2.39. The first-order valence-electron chi connectivity index (χ1n) is 4.91. The number of nitrogens with zero attached hydrogens (tertiary/aromatic N) is 3. The predicted molar refractivity (Wildman–Crippen MR) is 65.1 cm³/mol. The SMILES string of the molecule is CSc1cc(Oc2cncc(C(=O)O)c2)ncn1. The molecule has 2 aromatic rings. The minimum absolute atomic E-state index is 0.0617. The fourth-order valence-electron chi connectivity index (χ4n) is 1.20. The Morgan fingerprint density at radius 3 is 2.89 bits per heavy atom. The van der Waals surface area contributed by atoms with Crippen molar-refractivity contribution in [3.63, 3.8) is 0 Å². The maximum atomic E-state index is 10.8. The molecule has 0 fully saturated rings. The fraction of sp³-hybridized carbons (Fsp3) is 0.0909. The van der Waals surface area contributed by atoms with Crippen LogP contribution in [0.5, 0.6) is 11.6 Å². The lowest BCUT2D eigenvalue weighted by molar-refractivity contribution is 0.0696. The van der Waals surface area contributed by atoms with Crippen molar-refractivity contribution in [2.45, 2.75) is 5.03 Å². The third-order valence-electron chi connectivity index (χ3n) is 2.01. The molecule has 6 nitrogen and oxygen atoms in total. The molecule has 0 aromatic carbocycles. The molecule has 0 saturated carbocycles. The fourth-order valence-corrected chi connectivity index (χ4v) is 1.57. The largest absolute Gasteiger partial charge is 0.478 e. The Kier molecular flexibility index (Phi) is 3.73. The summed E-state index contributed by atoms with van der Waals surface area (Å²) in [6, 6.07) is 3.05. The second kappa shape index (κ2) is 5.46. The van der Waals surface area contributed by atoms with Crippen LogP contribution < -0.4 is 4.74 Å². The number of carboxylic acids is 1. The van der Waals surface area contributed by atoms with Gasteiger partial charge in [-0.3, -0.25) is 4.98 Å². The highest BCUT2D eigenvalue weighted by atomic mass is 32.2. The van der Waals surface area contributed by atoms with E-state index in [1.165, 1.54) is 36.5 Å². The predicted octanol–water partition coefficient (Wildman–Crippen LogP) is 2.08. The van der Waals surface area contributed by atoms with Crippen molar-refractivity contribution in [2.75, 3.05) is 6.26 Å². The van der Waals surface area contributed by atoms with Gasteiger partial charge in [0.2, 0.25) is 5.88 Å². The van der Waals surface area contributed by atoms with Crippen molar-refractivity contribution < 1.29 is 14.6 Å². The summed E-state index contributed by atoms with van der Waals surface area (Å²) in [5, 5.41) is 9.60. The molecule has 0 atom stereocenters. The summed E-state index contributed by atoms with van der Waals surface area (Å²) in [5.41, 5.74) is 0.0617. The topological polar surface area (TPSA) is 85.2 Å². The minimum atomic E-state index is -1.06. The molecule has 0 radical (unpaired) electrons. The van der Waals surface area contributed by atoms with E-state index in [-0.39, 0.29) is 5.56 Å². The van der Waals surface area contributed by atoms with Crippen LogP contribution in [0.3, 0.4) is 0 Å². The molecule has 0 bridgehead atoms. The Bertz CT molecular complexity index is 577. The Hall–Kier alpha value is -2.15. The first-order valence-corrected chi connectivity index (χ1v) is 6.14. The third-order valence-corrected chi connectivity index (χ3v) is 2.65. The van der Waals surface area contributed by atoms with Gasteiger partial charge in [-0.2, -0.15) is 0 Å². The number of carboxylic acid groups (broad SMARTS) is 1. The van der Waals surface area contributed by atoms with Crippen LogP contribution in [-0.4, -0.2) is 32.3 Å². The van der Waals surface area contributed by atoms with Gasteiger partial charge in [0.25, 0.3) is 0 Å². The van der Waals surface area contributed by atoms with Crippen LogP contribution in [0.4, 0.5) is 0 Å². The first-order chi connectivity index (χ1) is 8.69. The number of aromatic nitrogens is 3. The molecule has 0 aliphatic heterocycles. The molecule has 7 heteroatoms. The van der Waals surface area contributed by atoms with E-state index in [1.54, 1.807) is 6.07 Å². The highest BCUT2D eigenvalue weighted by Crippen LogP contribution is 2.21. The van der Waals surface area contributed by atoms with E-state index in [4.69, 9.17) is 9.84 Å². The highest BCUT2D eigenvalue weighted by Gasteiger charge is 2.06. The smallest absolute Gasteiger partial charge is 0.337 e. The van der Waals surface area contributed by atoms with E-state index < -0.39 is 5.97 Å². The molecule has 2 aromatic heterocycles. The van der Waals surface area contributed by atoms with Gasteiger partial charge in [-0.1, -0.05) is 0 Å². The van der Waals surface area contributed by atoms with Gasteiger partial charge in [0.05, 0.1) is 11.8 Å². The Morgan fingerprint density at radius 2 is 2.17 bits per heavy atom. The van der Waals surface area contributed by atoms with E-state index in [1.807, 2.05) is 6.26 Å².